The molecule has 0 fully saturated rings. The van der Waals surface area contributed by atoms with E-state index >= 15 is 0 Å². The molecule has 0 saturated carbocycles. The fraction of sp³-hybridized carbons (Fsp3) is 0.625. The third kappa shape index (κ3) is 5.34. The maximum atomic E-state index is 12.2. The minimum Gasteiger partial charge on any atom is -0.477 e. The van der Waals surface area contributed by atoms with Crippen LogP contribution in [0.1, 0.15) is 46.1 Å². The van der Waals surface area contributed by atoms with Crippen molar-refractivity contribution in [3.63, 3.8) is 0 Å². The van der Waals surface area contributed by atoms with Gasteiger partial charge in [-0.1, -0.05) is 13.8 Å². The van der Waals surface area contributed by atoms with Gasteiger partial charge < -0.3 is 14.8 Å². The number of pyridine rings is 1. The Balaban J connectivity index is 2.70. The molecule has 0 aliphatic rings. The number of nitrogens with zero attached hydrogens (tertiary/aromatic N) is 1. The standard InChI is InChI=1S/C16H26N2O3/c1-6-8-20-14-12(3)10-13(11-17-14)18-15(19)16(4,5)21-9-7-2/h10-11H,6-9H2,1-5H3,(H,18,19). The third-order valence-electron chi connectivity index (χ3n) is 2.94. The molecule has 0 aromatic carbocycles. The molecule has 1 aromatic heterocycles. The van der Waals surface area contributed by atoms with E-state index in [1.165, 1.54) is 0 Å². The number of amides is 1. The first-order chi connectivity index (χ1) is 9.90. The van der Waals surface area contributed by atoms with E-state index in [1.54, 1.807) is 20.0 Å². The van der Waals surface area contributed by atoms with Crippen LogP contribution >= 0.6 is 0 Å². The molecule has 5 nitrogen and oxygen atoms in total. The van der Waals surface area contributed by atoms with Crippen LogP contribution in [0.3, 0.4) is 0 Å². The summed E-state index contributed by atoms with van der Waals surface area (Å²) in [5, 5.41) is 2.83. The zero-order valence-electron chi connectivity index (χ0n) is 13.7. The normalized spacial score (nSPS) is 11.3. The van der Waals surface area contributed by atoms with Crippen molar-refractivity contribution in [1.29, 1.82) is 0 Å². The summed E-state index contributed by atoms with van der Waals surface area (Å²) >= 11 is 0. The molecule has 0 saturated heterocycles. The largest absolute Gasteiger partial charge is 0.477 e. The molecule has 1 N–H and O–H groups in total. The van der Waals surface area contributed by atoms with Gasteiger partial charge in [-0.15, -0.1) is 0 Å². The van der Waals surface area contributed by atoms with Crippen LogP contribution in [0, 0.1) is 6.92 Å². The number of hydrogen-bond acceptors (Lipinski definition) is 4. The molecule has 1 amide bonds. The second-order valence-corrected chi connectivity index (χ2v) is 5.51. The van der Waals surface area contributed by atoms with Crippen LogP contribution in [0.4, 0.5) is 5.69 Å². The Morgan fingerprint density at radius 2 is 1.95 bits per heavy atom. The molecule has 1 rings (SSSR count). The fourth-order valence-electron chi connectivity index (χ4n) is 1.68. The van der Waals surface area contributed by atoms with Gasteiger partial charge in [0.1, 0.15) is 5.60 Å². The summed E-state index contributed by atoms with van der Waals surface area (Å²) in [4.78, 5) is 16.4. The Kier molecular flexibility index (Phi) is 6.62. The Bertz CT molecular complexity index is 473. The van der Waals surface area contributed by atoms with Gasteiger partial charge in [-0.25, -0.2) is 4.98 Å². The average molecular weight is 294 g/mol. The Morgan fingerprint density at radius 3 is 2.52 bits per heavy atom. The number of nitrogens with one attached hydrogen (secondary N) is 1. The van der Waals surface area contributed by atoms with Crippen molar-refractivity contribution in [3.05, 3.63) is 17.8 Å². The minimum atomic E-state index is -0.860. The van der Waals surface area contributed by atoms with E-state index in [-0.39, 0.29) is 5.91 Å². The first-order valence-electron chi connectivity index (χ1n) is 7.45. The van der Waals surface area contributed by atoms with Crippen molar-refractivity contribution >= 4 is 11.6 Å². The predicted octanol–water partition coefficient (Wildman–Crippen LogP) is 3.32. The van der Waals surface area contributed by atoms with E-state index < -0.39 is 5.60 Å². The van der Waals surface area contributed by atoms with Crippen molar-refractivity contribution in [3.8, 4) is 5.88 Å². The first kappa shape index (κ1) is 17.4. The highest BCUT2D eigenvalue weighted by Crippen LogP contribution is 2.20. The maximum absolute atomic E-state index is 12.2. The van der Waals surface area contributed by atoms with Crippen molar-refractivity contribution in [1.82, 2.24) is 4.98 Å². The van der Waals surface area contributed by atoms with Crippen LogP contribution in [0.25, 0.3) is 0 Å². The molecular weight excluding hydrogens is 268 g/mol. The van der Waals surface area contributed by atoms with Gasteiger partial charge in [0.15, 0.2) is 0 Å². The highest BCUT2D eigenvalue weighted by molar-refractivity contribution is 5.96. The lowest BCUT2D eigenvalue weighted by Crippen LogP contribution is -2.40. The van der Waals surface area contributed by atoms with Crippen molar-refractivity contribution < 1.29 is 14.3 Å². The zero-order valence-corrected chi connectivity index (χ0v) is 13.7. The van der Waals surface area contributed by atoms with Crippen LogP contribution in [-0.4, -0.2) is 29.7 Å². The van der Waals surface area contributed by atoms with Gasteiger partial charge in [-0.2, -0.15) is 0 Å². The third-order valence-corrected chi connectivity index (χ3v) is 2.94. The van der Waals surface area contributed by atoms with Crippen LogP contribution < -0.4 is 10.1 Å². The molecule has 0 radical (unpaired) electrons. The summed E-state index contributed by atoms with van der Waals surface area (Å²) in [6, 6.07) is 1.85. The smallest absolute Gasteiger partial charge is 0.256 e. The number of anilines is 1. The predicted molar refractivity (Wildman–Crippen MR) is 83.7 cm³/mol. The van der Waals surface area contributed by atoms with Crippen LogP contribution in [0.5, 0.6) is 5.88 Å². The van der Waals surface area contributed by atoms with E-state index in [9.17, 15) is 4.79 Å². The summed E-state index contributed by atoms with van der Waals surface area (Å²) in [7, 11) is 0. The van der Waals surface area contributed by atoms with E-state index in [4.69, 9.17) is 9.47 Å². The zero-order chi connectivity index (χ0) is 15.9. The monoisotopic (exact) mass is 294 g/mol. The number of aryl methyl sites for hydroxylation is 1. The van der Waals surface area contributed by atoms with Gasteiger partial charge in [0.05, 0.1) is 18.5 Å². The molecule has 0 bridgehead atoms. The molecule has 0 spiro atoms. The lowest BCUT2D eigenvalue weighted by Gasteiger charge is -2.24. The SMILES string of the molecule is CCCOc1ncc(NC(=O)C(C)(C)OCCC)cc1C. The molecule has 0 aliphatic heterocycles. The number of hydrogen-bond donors (Lipinski definition) is 1. The van der Waals surface area contributed by atoms with E-state index in [2.05, 4.69) is 10.3 Å². The fourth-order valence-corrected chi connectivity index (χ4v) is 1.68. The Morgan fingerprint density at radius 1 is 1.29 bits per heavy atom. The maximum Gasteiger partial charge on any atom is 0.256 e. The van der Waals surface area contributed by atoms with Crippen LogP contribution in [0.2, 0.25) is 0 Å². The average Bonchev–Trinajstić information content (AvgIpc) is 2.44. The number of carbonyl (C=O) groups excluding carboxylic acids is 1. The van der Waals surface area contributed by atoms with E-state index in [0.717, 1.165) is 18.4 Å². The number of aromatic nitrogens is 1. The molecule has 21 heavy (non-hydrogen) atoms. The molecule has 5 heteroatoms. The minimum absolute atomic E-state index is 0.181. The Hall–Kier alpha value is -1.62. The molecule has 0 atom stereocenters. The lowest BCUT2D eigenvalue weighted by molar-refractivity contribution is -0.137. The Labute approximate surface area is 127 Å². The lowest BCUT2D eigenvalue weighted by atomic mass is 10.1. The van der Waals surface area contributed by atoms with Crippen molar-refractivity contribution in [2.24, 2.45) is 0 Å². The van der Waals surface area contributed by atoms with Gasteiger partial charge in [-0.05, 0) is 39.7 Å². The molecule has 0 aliphatic carbocycles. The summed E-state index contributed by atoms with van der Waals surface area (Å²) < 4.78 is 11.1. The van der Waals surface area contributed by atoms with Gasteiger partial charge in [-0.3, -0.25) is 4.79 Å². The summed E-state index contributed by atoms with van der Waals surface area (Å²) in [6.45, 7) is 10.7. The number of ether oxygens (including phenoxy) is 2. The van der Waals surface area contributed by atoms with Crippen molar-refractivity contribution in [2.45, 2.75) is 53.1 Å². The van der Waals surface area contributed by atoms with Crippen LogP contribution in [0.15, 0.2) is 12.3 Å². The van der Waals surface area contributed by atoms with Gasteiger partial charge in [0.25, 0.3) is 5.91 Å². The first-order valence-corrected chi connectivity index (χ1v) is 7.45. The quantitative estimate of drug-likeness (QED) is 0.799. The summed E-state index contributed by atoms with van der Waals surface area (Å²) in [6.07, 6.45) is 3.41. The summed E-state index contributed by atoms with van der Waals surface area (Å²) in [5.41, 5.74) is 0.685. The molecule has 118 valence electrons. The van der Waals surface area contributed by atoms with E-state index in [0.29, 0.717) is 24.8 Å². The highest BCUT2D eigenvalue weighted by atomic mass is 16.5. The van der Waals surface area contributed by atoms with E-state index in [1.807, 2.05) is 26.8 Å². The molecule has 0 unspecified atom stereocenters. The van der Waals surface area contributed by atoms with Crippen molar-refractivity contribution in [2.75, 3.05) is 18.5 Å². The molecular formula is C16H26N2O3. The second kappa shape index (κ2) is 7.98. The molecule has 1 heterocycles. The summed E-state index contributed by atoms with van der Waals surface area (Å²) in [5.74, 6) is 0.427. The molecule has 1 aromatic rings. The number of rotatable bonds is 8. The van der Waals surface area contributed by atoms with Gasteiger partial charge in [0, 0.05) is 12.2 Å². The second-order valence-electron chi connectivity index (χ2n) is 5.51. The number of carbonyl (C=O) groups is 1. The highest BCUT2D eigenvalue weighted by Gasteiger charge is 2.28. The topological polar surface area (TPSA) is 60.5 Å². The van der Waals surface area contributed by atoms with Gasteiger partial charge in [0.2, 0.25) is 5.88 Å². The van der Waals surface area contributed by atoms with Gasteiger partial charge >= 0.3 is 0 Å². The van der Waals surface area contributed by atoms with Crippen LogP contribution in [-0.2, 0) is 9.53 Å².